The molecule has 2 rings (SSSR count). The third-order valence-corrected chi connectivity index (χ3v) is 4.54. The maximum atomic E-state index is 5.86. The second-order valence-electron chi connectivity index (χ2n) is 5.43. The van der Waals surface area contributed by atoms with Crippen molar-refractivity contribution in [1.29, 1.82) is 0 Å². The highest BCUT2D eigenvalue weighted by molar-refractivity contribution is 7.11. The summed E-state index contributed by atoms with van der Waals surface area (Å²) in [6, 6.07) is 0.507. The van der Waals surface area contributed by atoms with Gasteiger partial charge in [0.2, 0.25) is 0 Å². The molecule has 4 nitrogen and oxygen atoms in total. The summed E-state index contributed by atoms with van der Waals surface area (Å²) in [4.78, 5) is 8.47. The smallest absolute Gasteiger partial charge is 0.123 e. The van der Waals surface area contributed by atoms with Crippen LogP contribution in [-0.4, -0.2) is 42.7 Å². The van der Waals surface area contributed by atoms with Crippen LogP contribution < -0.4 is 5.32 Å². The molecule has 2 heterocycles. The number of rotatable bonds is 5. The zero-order valence-corrected chi connectivity index (χ0v) is 13.2. The van der Waals surface area contributed by atoms with Crippen molar-refractivity contribution in [2.75, 3.05) is 26.7 Å². The van der Waals surface area contributed by atoms with Crippen molar-refractivity contribution in [1.82, 2.24) is 15.2 Å². The minimum atomic E-state index is 0.154. The Balaban J connectivity index is 2.08. The van der Waals surface area contributed by atoms with Crippen molar-refractivity contribution in [3.8, 4) is 0 Å². The maximum Gasteiger partial charge on any atom is 0.123 e. The van der Waals surface area contributed by atoms with E-state index in [9.17, 15) is 0 Å². The van der Waals surface area contributed by atoms with Crippen molar-refractivity contribution in [2.24, 2.45) is 0 Å². The van der Waals surface area contributed by atoms with Crippen LogP contribution in [0.1, 0.15) is 42.5 Å². The van der Waals surface area contributed by atoms with Crippen LogP contribution in [0.5, 0.6) is 0 Å². The van der Waals surface area contributed by atoms with E-state index in [1.165, 1.54) is 10.6 Å². The van der Waals surface area contributed by atoms with Gasteiger partial charge < -0.3 is 15.0 Å². The third kappa shape index (κ3) is 3.99. The van der Waals surface area contributed by atoms with Gasteiger partial charge in [-0.2, -0.15) is 0 Å². The molecule has 0 bridgehead atoms. The Bertz CT molecular complexity index is 405. The molecule has 1 saturated heterocycles. The van der Waals surface area contributed by atoms with E-state index in [0.29, 0.717) is 6.04 Å². The number of hydrogen-bond acceptors (Lipinski definition) is 5. The molecule has 1 unspecified atom stereocenters. The molecule has 0 spiro atoms. The summed E-state index contributed by atoms with van der Waals surface area (Å²) >= 11 is 1.81. The second kappa shape index (κ2) is 6.79. The first-order valence-corrected chi connectivity index (χ1v) is 7.93. The molecule has 1 aromatic rings. The van der Waals surface area contributed by atoms with Crippen LogP contribution >= 0.6 is 11.3 Å². The zero-order valence-electron chi connectivity index (χ0n) is 12.4. The standard InChI is InChI=1S/C14H25N3OS/c1-5-11-13(8-15-10(2)3)19-14(16-11)12-9-17(4)6-7-18-12/h10,12,15H,5-9H2,1-4H3. The molecule has 0 radical (unpaired) electrons. The molecule has 0 saturated carbocycles. The normalized spacial score (nSPS) is 21.2. The molecule has 1 aromatic heterocycles. The fraction of sp³-hybridized carbons (Fsp3) is 0.786. The number of aromatic nitrogens is 1. The molecule has 5 heteroatoms. The summed E-state index contributed by atoms with van der Waals surface area (Å²) in [5.74, 6) is 0. The lowest BCUT2D eigenvalue weighted by atomic mass is 10.2. The highest BCUT2D eigenvalue weighted by atomic mass is 32.1. The Labute approximate surface area is 120 Å². The van der Waals surface area contributed by atoms with Gasteiger partial charge in [0.05, 0.1) is 12.3 Å². The van der Waals surface area contributed by atoms with Crippen molar-refractivity contribution >= 4 is 11.3 Å². The van der Waals surface area contributed by atoms with E-state index < -0.39 is 0 Å². The van der Waals surface area contributed by atoms with Gasteiger partial charge in [-0.1, -0.05) is 20.8 Å². The van der Waals surface area contributed by atoms with Crippen LogP contribution in [0.25, 0.3) is 0 Å². The number of morpholine rings is 1. The molecule has 0 aromatic carbocycles. The molecule has 1 aliphatic rings. The summed E-state index contributed by atoms with van der Waals surface area (Å²) in [7, 11) is 2.14. The SMILES string of the molecule is CCc1nc(C2CN(C)CCO2)sc1CNC(C)C. The number of ether oxygens (including phenoxy) is 1. The van der Waals surface area contributed by atoms with Gasteiger partial charge in [-0.25, -0.2) is 4.98 Å². The molecule has 1 aliphatic heterocycles. The van der Waals surface area contributed by atoms with E-state index in [-0.39, 0.29) is 6.10 Å². The highest BCUT2D eigenvalue weighted by Gasteiger charge is 2.24. The second-order valence-corrected chi connectivity index (χ2v) is 6.55. The number of thiazole rings is 1. The molecule has 19 heavy (non-hydrogen) atoms. The van der Waals surface area contributed by atoms with Gasteiger partial charge in [0.25, 0.3) is 0 Å². The van der Waals surface area contributed by atoms with Crippen LogP contribution in [0.3, 0.4) is 0 Å². The average molecular weight is 283 g/mol. The van der Waals surface area contributed by atoms with Crippen molar-refractivity contribution in [3.63, 3.8) is 0 Å². The first-order chi connectivity index (χ1) is 9.10. The van der Waals surface area contributed by atoms with Crippen LogP contribution in [0.4, 0.5) is 0 Å². The highest BCUT2D eigenvalue weighted by Crippen LogP contribution is 2.28. The number of aryl methyl sites for hydroxylation is 1. The van der Waals surface area contributed by atoms with Crippen LogP contribution in [0.15, 0.2) is 0 Å². The average Bonchev–Trinajstić information content (AvgIpc) is 2.79. The fourth-order valence-electron chi connectivity index (χ4n) is 2.18. The number of nitrogens with one attached hydrogen (secondary N) is 1. The van der Waals surface area contributed by atoms with Gasteiger partial charge in [0.15, 0.2) is 0 Å². The quantitative estimate of drug-likeness (QED) is 0.899. The van der Waals surface area contributed by atoms with Gasteiger partial charge in [0, 0.05) is 30.6 Å². The Morgan fingerprint density at radius 3 is 2.95 bits per heavy atom. The van der Waals surface area contributed by atoms with Crippen molar-refractivity contribution < 1.29 is 4.74 Å². The first kappa shape index (κ1) is 14.9. The summed E-state index contributed by atoms with van der Waals surface area (Å²) in [5, 5.41) is 4.62. The van der Waals surface area contributed by atoms with Crippen LogP contribution in [-0.2, 0) is 17.7 Å². The van der Waals surface area contributed by atoms with Crippen molar-refractivity contribution in [2.45, 2.75) is 45.9 Å². The Kier molecular flexibility index (Phi) is 5.33. The summed E-state index contributed by atoms with van der Waals surface area (Å²) in [6.45, 7) is 10.2. The number of nitrogens with zero attached hydrogens (tertiary/aromatic N) is 2. The molecule has 0 amide bonds. The van der Waals surface area contributed by atoms with E-state index in [4.69, 9.17) is 9.72 Å². The van der Waals surface area contributed by atoms with Crippen LogP contribution in [0.2, 0.25) is 0 Å². The lowest BCUT2D eigenvalue weighted by Crippen LogP contribution is -2.35. The number of hydrogen-bond donors (Lipinski definition) is 1. The zero-order chi connectivity index (χ0) is 13.8. The van der Waals surface area contributed by atoms with E-state index in [0.717, 1.165) is 37.7 Å². The van der Waals surface area contributed by atoms with Gasteiger partial charge in [-0.3, -0.25) is 0 Å². The van der Waals surface area contributed by atoms with Crippen LogP contribution in [0, 0.1) is 0 Å². The predicted molar refractivity (Wildman–Crippen MR) is 79.7 cm³/mol. The van der Waals surface area contributed by atoms with Gasteiger partial charge >= 0.3 is 0 Å². The minimum absolute atomic E-state index is 0.154. The molecular formula is C14H25N3OS. The largest absolute Gasteiger partial charge is 0.368 e. The van der Waals surface area contributed by atoms with Gasteiger partial charge in [-0.15, -0.1) is 11.3 Å². The Hall–Kier alpha value is -0.490. The molecular weight excluding hydrogens is 258 g/mol. The molecule has 0 aliphatic carbocycles. The molecule has 108 valence electrons. The molecule has 1 atom stereocenters. The lowest BCUT2D eigenvalue weighted by molar-refractivity contribution is -0.0210. The predicted octanol–water partition coefficient (Wildman–Crippen LogP) is 2.21. The molecule has 1 fully saturated rings. The Morgan fingerprint density at radius 1 is 1.53 bits per heavy atom. The fourth-order valence-corrected chi connectivity index (χ4v) is 3.33. The van der Waals surface area contributed by atoms with E-state index in [2.05, 4.69) is 38.0 Å². The maximum absolute atomic E-state index is 5.86. The van der Waals surface area contributed by atoms with Gasteiger partial charge in [0.1, 0.15) is 11.1 Å². The Morgan fingerprint density at radius 2 is 2.32 bits per heavy atom. The third-order valence-electron chi connectivity index (χ3n) is 3.35. The minimum Gasteiger partial charge on any atom is -0.368 e. The first-order valence-electron chi connectivity index (χ1n) is 7.12. The summed E-state index contributed by atoms with van der Waals surface area (Å²) in [6.07, 6.45) is 1.15. The summed E-state index contributed by atoms with van der Waals surface area (Å²) < 4.78 is 5.86. The molecule has 1 N–H and O–H groups in total. The monoisotopic (exact) mass is 283 g/mol. The number of likely N-dealkylation sites (N-methyl/N-ethyl adjacent to an activating group) is 1. The van der Waals surface area contributed by atoms with E-state index in [1.54, 1.807) is 0 Å². The summed E-state index contributed by atoms with van der Waals surface area (Å²) in [5.41, 5.74) is 1.23. The lowest BCUT2D eigenvalue weighted by Gasteiger charge is -2.28. The topological polar surface area (TPSA) is 37.4 Å². The van der Waals surface area contributed by atoms with E-state index in [1.807, 2.05) is 11.3 Å². The van der Waals surface area contributed by atoms with E-state index >= 15 is 0 Å². The van der Waals surface area contributed by atoms with Crippen molar-refractivity contribution in [3.05, 3.63) is 15.6 Å². The van der Waals surface area contributed by atoms with Gasteiger partial charge in [-0.05, 0) is 13.5 Å².